The molecule has 0 radical (unpaired) electrons. The Balaban J connectivity index is 1.28. The van der Waals surface area contributed by atoms with Gasteiger partial charge in [0.05, 0.1) is 27.7 Å². The van der Waals surface area contributed by atoms with E-state index in [4.69, 9.17) is 18.5 Å². The van der Waals surface area contributed by atoms with Gasteiger partial charge in [-0.15, -0.1) is 0 Å². The van der Waals surface area contributed by atoms with E-state index < -0.39 is 32.5 Å². The maximum atomic E-state index is 13.0. The SMILES string of the molecule is C[N+](C)(C)CCOP(=O)([O-])OC[C@@H](COC(=O)CCCCCCCCCCBr)OC(=O)CCCc1ccc2ccc3cccc4ccc1c2c34. The summed E-state index contributed by atoms with van der Waals surface area (Å²) in [6.07, 6.45) is 9.17. The second kappa shape index (κ2) is 19.9. The molecule has 0 fully saturated rings. The van der Waals surface area contributed by atoms with Gasteiger partial charge >= 0.3 is 11.9 Å². The average molecular weight is 775 g/mol. The Kier molecular flexibility index (Phi) is 16.0. The number of benzene rings is 4. The minimum Gasteiger partial charge on any atom is -0.756 e. The lowest BCUT2D eigenvalue weighted by Gasteiger charge is -2.28. The molecular weight excluding hydrogens is 721 g/mol. The normalized spacial score (nSPS) is 13.9. The molecule has 4 aromatic rings. The van der Waals surface area contributed by atoms with Crippen LogP contribution in [0.25, 0.3) is 32.3 Å². The Morgan fingerprint density at radius 3 is 2.02 bits per heavy atom. The van der Waals surface area contributed by atoms with Crippen LogP contribution < -0.4 is 4.89 Å². The predicted molar refractivity (Wildman–Crippen MR) is 202 cm³/mol. The van der Waals surface area contributed by atoms with E-state index in [0.717, 1.165) is 30.2 Å². The quantitative estimate of drug-likeness (QED) is 0.0174. The van der Waals surface area contributed by atoms with E-state index in [2.05, 4.69) is 70.5 Å². The number of esters is 2. The predicted octanol–water partition coefficient (Wildman–Crippen LogP) is 8.48. The fourth-order valence-corrected chi connectivity index (χ4v) is 7.24. The molecule has 0 aliphatic heterocycles. The van der Waals surface area contributed by atoms with E-state index in [1.165, 1.54) is 58.0 Å². The van der Waals surface area contributed by atoms with Crippen LogP contribution in [0.4, 0.5) is 0 Å². The minimum atomic E-state index is -4.67. The van der Waals surface area contributed by atoms with Gasteiger partial charge in [-0.05, 0) is 63.6 Å². The van der Waals surface area contributed by atoms with Gasteiger partial charge in [0.1, 0.15) is 19.8 Å². The summed E-state index contributed by atoms with van der Waals surface area (Å²) >= 11 is 3.46. The Bertz CT molecular complexity index is 1690. The molecule has 50 heavy (non-hydrogen) atoms. The topological polar surface area (TPSA) is 111 Å². The highest BCUT2D eigenvalue weighted by atomic mass is 79.9. The number of ether oxygens (including phenoxy) is 2. The zero-order valence-electron chi connectivity index (χ0n) is 29.8. The molecular formula is C39H53BrNO8P. The maximum absolute atomic E-state index is 13.0. The van der Waals surface area contributed by atoms with Crippen LogP contribution in [0, 0.1) is 0 Å². The lowest BCUT2D eigenvalue weighted by atomic mass is 9.90. The number of unbranched alkanes of at least 4 members (excludes halogenated alkanes) is 7. The fourth-order valence-electron chi connectivity index (χ4n) is 6.12. The van der Waals surface area contributed by atoms with E-state index in [0.29, 0.717) is 30.3 Å². The number of hydrogen-bond acceptors (Lipinski definition) is 8. The van der Waals surface area contributed by atoms with Gasteiger partial charge in [0.2, 0.25) is 0 Å². The summed E-state index contributed by atoms with van der Waals surface area (Å²) in [5.41, 5.74) is 1.14. The minimum absolute atomic E-state index is 0.0520. The number of nitrogens with zero attached hydrogens (tertiary/aromatic N) is 1. The van der Waals surface area contributed by atoms with Gasteiger partial charge in [0, 0.05) is 18.2 Å². The van der Waals surface area contributed by atoms with Crippen LogP contribution in [0.1, 0.15) is 76.2 Å². The van der Waals surface area contributed by atoms with Crippen LogP contribution in [-0.4, -0.2) is 75.4 Å². The third kappa shape index (κ3) is 13.2. The van der Waals surface area contributed by atoms with Crippen LogP contribution in [0.2, 0.25) is 0 Å². The van der Waals surface area contributed by atoms with E-state index in [1.807, 2.05) is 21.1 Å². The number of rotatable bonds is 24. The maximum Gasteiger partial charge on any atom is 0.306 e. The molecule has 0 spiro atoms. The molecule has 274 valence electrons. The molecule has 0 aromatic heterocycles. The molecule has 2 atom stereocenters. The zero-order chi connectivity index (χ0) is 36.0. The number of carbonyl (C=O) groups excluding carboxylic acids is 2. The van der Waals surface area contributed by atoms with Gasteiger partial charge in [-0.3, -0.25) is 14.2 Å². The number of halogens is 1. The third-order valence-corrected chi connectivity index (χ3v) is 10.4. The zero-order valence-corrected chi connectivity index (χ0v) is 32.3. The molecule has 0 bridgehead atoms. The van der Waals surface area contributed by atoms with Crippen LogP contribution in [0.15, 0.2) is 54.6 Å². The lowest BCUT2D eigenvalue weighted by molar-refractivity contribution is -0.870. The number of likely N-dealkylation sites (N-methyl/N-ethyl adjacent to an activating group) is 1. The van der Waals surface area contributed by atoms with E-state index >= 15 is 0 Å². The van der Waals surface area contributed by atoms with Crippen molar-refractivity contribution in [2.24, 2.45) is 0 Å². The van der Waals surface area contributed by atoms with E-state index in [-0.39, 0.29) is 26.1 Å². The van der Waals surface area contributed by atoms with Gasteiger partial charge in [0.25, 0.3) is 7.82 Å². The Morgan fingerprint density at radius 1 is 0.740 bits per heavy atom. The average Bonchev–Trinajstić information content (AvgIpc) is 3.07. The lowest BCUT2D eigenvalue weighted by Crippen LogP contribution is -2.37. The van der Waals surface area contributed by atoms with Gasteiger partial charge in [-0.2, -0.15) is 0 Å². The standard InChI is InChI=1S/C39H53BrNO8P/c1-41(2,3)26-27-47-50(44,45)48-29-34(28-46-36(42)17-10-8-6-4-5-7-9-11-25-40)49-37(43)18-13-14-30-19-20-33-22-21-31-15-12-16-32-23-24-35(30)39(33)38(31)32/h12,15-16,19-24,34H,4-11,13-14,17-18,25-29H2,1-3H3/t34-/m1/s1. The Morgan fingerprint density at radius 2 is 1.34 bits per heavy atom. The summed E-state index contributed by atoms with van der Waals surface area (Å²) in [6, 6.07) is 19.1. The van der Waals surface area contributed by atoms with E-state index in [9.17, 15) is 19.0 Å². The van der Waals surface area contributed by atoms with Crippen LogP contribution in [-0.2, 0) is 39.1 Å². The van der Waals surface area contributed by atoms with Crippen molar-refractivity contribution in [3.63, 3.8) is 0 Å². The number of quaternary nitrogens is 1. The summed E-state index contributed by atoms with van der Waals surface area (Å²) < 4.78 is 34.0. The highest BCUT2D eigenvalue weighted by molar-refractivity contribution is 9.09. The highest BCUT2D eigenvalue weighted by Crippen LogP contribution is 2.39. The molecule has 0 amide bonds. The molecule has 0 saturated carbocycles. The van der Waals surface area contributed by atoms with Gasteiger partial charge in [-0.1, -0.05) is 109 Å². The van der Waals surface area contributed by atoms with Crippen molar-refractivity contribution in [3.05, 3.63) is 60.2 Å². The third-order valence-electron chi connectivity index (χ3n) is 8.87. The van der Waals surface area contributed by atoms with E-state index in [1.54, 1.807) is 0 Å². The number of aryl methyl sites for hydroxylation is 1. The second-order valence-corrected chi connectivity index (χ2v) is 16.3. The summed E-state index contributed by atoms with van der Waals surface area (Å²) in [6.45, 7) is -0.404. The van der Waals surface area contributed by atoms with Crippen LogP contribution >= 0.6 is 23.8 Å². The number of carbonyl (C=O) groups is 2. The van der Waals surface area contributed by atoms with Gasteiger partial charge in [0.15, 0.2) is 6.10 Å². The first-order valence-corrected chi connectivity index (χ1v) is 20.5. The van der Waals surface area contributed by atoms with Crippen LogP contribution in [0.5, 0.6) is 0 Å². The molecule has 0 N–H and O–H groups in total. The Hall–Kier alpha value is -2.59. The van der Waals surface area contributed by atoms with Crippen molar-refractivity contribution in [3.8, 4) is 0 Å². The smallest absolute Gasteiger partial charge is 0.306 e. The first kappa shape index (κ1) is 40.2. The number of phosphoric ester groups is 1. The summed E-state index contributed by atoms with van der Waals surface area (Å²) in [5.74, 6) is -0.933. The number of hydrogen-bond donors (Lipinski definition) is 0. The van der Waals surface area contributed by atoms with Crippen molar-refractivity contribution in [1.29, 1.82) is 0 Å². The van der Waals surface area contributed by atoms with Crippen molar-refractivity contribution in [1.82, 2.24) is 0 Å². The van der Waals surface area contributed by atoms with Crippen molar-refractivity contribution < 1.29 is 42.1 Å². The molecule has 0 heterocycles. The van der Waals surface area contributed by atoms with Crippen molar-refractivity contribution in [2.45, 2.75) is 83.2 Å². The molecule has 4 rings (SSSR count). The number of phosphoric acid groups is 1. The second-order valence-electron chi connectivity index (χ2n) is 14.1. The molecule has 0 saturated heterocycles. The summed E-state index contributed by atoms with van der Waals surface area (Å²) in [4.78, 5) is 37.9. The first-order chi connectivity index (χ1) is 24.0. The Labute approximate surface area is 305 Å². The fraction of sp³-hybridized carbons (Fsp3) is 0.538. The van der Waals surface area contributed by atoms with Gasteiger partial charge in [-0.25, -0.2) is 0 Å². The molecule has 1 unspecified atom stereocenters. The first-order valence-electron chi connectivity index (χ1n) is 17.9. The number of alkyl halides is 1. The molecule has 0 aliphatic rings. The van der Waals surface area contributed by atoms with Crippen LogP contribution in [0.3, 0.4) is 0 Å². The molecule has 9 nitrogen and oxygen atoms in total. The molecule has 11 heteroatoms. The van der Waals surface area contributed by atoms with Crippen molar-refractivity contribution >= 4 is 68.0 Å². The molecule has 0 aliphatic carbocycles. The molecule has 4 aromatic carbocycles. The van der Waals surface area contributed by atoms with Gasteiger partial charge < -0.3 is 27.9 Å². The van der Waals surface area contributed by atoms with Crippen molar-refractivity contribution in [2.75, 3.05) is 52.8 Å². The summed E-state index contributed by atoms with van der Waals surface area (Å²) in [7, 11) is 1.09. The highest BCUT2D eigenvalue weighted by Gasteiger charge is 2.22. The largest absolute Gasteiger partial charge is 0.756 e. The monoisotopic (exact) mass is 773 g/mol. The summed E-state index contributed by atoms with van der Waals surface area (Å²) in [5, 5.41) is 8.26.